The molecule has 0 amide bonds. The Bertz CT molecular complexity index is 841. The van der Waals surface area contributed by atoms with Crippen LogP contribution in [-0.2, 0) is 9.84 Å². The van der Waals surface area contributed by atoms with Crippen molar-refractivity contribution < 1.29 is 12.8 Å². The van der Waals surface area contributed by atoms with Gasteiger partial charge in [0.05, 0.1) is 33.6 Å². The fourth-order valence-electron chi connectivity index (χ4n) is 2.69. The molecule has 1 unspecified atom stereocenters. The first-order chi connectivity index (χ1) is 9.37. The minimum Gasteiger partial charge on any atom is -0.330 e. The van der Waals surface area contributed by atoms with E-state index in [0.29, 0.717) is 22.2 Å². The van der Waals surface area contributed by atoms with Crippen LogP contribution >= 0.6 is 23.8 Å². The van der Waals surface area contributed by atoms with Crippen LogP contribution in [0.25, 0.3) is 11.0 Å². The maximum absolute atomic E-state index is 13.5. The fourth-order valence-corrected chi connectivity index (χ4v) is 4.88. The summed E-state index contributed by atoms with van der Waals surface area (Å²) < 4.78 is 39.2. The third-order valence-corrected chi connectivity index (χ3v) is 5.95. The van der Waals surface area contributed by atoms with Crippen molar-refractivity contribution in [2.45, 2.75) is 18.9 Å². The molecule has 108 valence electrons. The van der Waals surface area contributed by atoms with Gasteiger partial charge >= 0.3 is 0 Å². The predicted octanol–water partition coefficient (Wildman–Crippen LogP) is 3.24. The largest absolute Gasteiger partial charge is 0.330 e. The van der Waals surface area contributed by atoms with Crippen LogP contribution in [-0.4, -0.2) is 29.5 Å². The van der Waals surface area contributed by atoms with Crippen molar-refractivity contribution in [1.29, 1.82) is 0 Å². The molecule has 0 radical (unpaired) electrons. The molecule has 1 atom stereocenters. The highest BCUT2D eigenvalue weighted by atomic mass is 35.5. The van der Waals surface area contributed by atoms with Crippen LogP contribution < -0.4 is 0 Å². The maximum atomic E-state index is 13.5. The Hall–Kier alpha value is -0.920. The first-order valence-electron chi connectivity index (χ1n) is 6.17. The van der Waals surface area contributed by atoms with Gasteiger partial charge in [0.2, 0.25) is 0 Å². The van der Waals surface area contributed by atoms with E-state index in [1.807, 2.05) is 0 Å². The maximum Gasteiger partial charge on any atom is 0.178 e. The normalized spacial score (nSPS) is 22.2. The molecule has 8 heteroatoms. The Morgan fingerprint density at radius 3 is 2.90 bits per heavy atom. The number of H-pyrrole nitrogens is 1. The van der Waals surface area contributed by atoms with Crippen LogP contribution in [0, 0.1) is 10.6 Å². The van der Waals surface area contributed by atoms with Gasteiger partial charge in [-0.3, -0.25) is 0 Å². The number of nitrogens with zero attached hydrogens (tertiary/aromatic N) is 1. The second-order valence-corrected chi connectivity index (χ2v) is 8.02. The molecule has 1 aromatic carbocycles. The van der Waals surface area contributed by atoms with E-state index >= 15 is 0 Å². The lowest BCUT2D eigenvalue weighted by atomic mass is 10.2. The molecule has 3 rings (SSSR count). The average molecular weight is 335 g/mol. The number of benzene rings is 1. The van der Waals surface area contributed by atoms with E-state index in [1.165, 1.54) is 12.1 Å². The number of halogens is 2. The van der Waals surface area contributed by atoms with Crippen molar-refractivity contribution in [1.82, 2.24) is 9.55 Å². The highest BCUT2D eigenvalue weighted by molar-refractivity contribution is 7.91. The smallest absolute Gasteiger partial charge is 0.178 e. The zero-order valence-corrected chi connectivity index (χ0v) is 12.8. The lowest BCUT2D eigenvalue weighted by Gasteiger charge is -2.23. The summed E-state index contributed by atoms with van der Waals surface area (Å²) in [6.45, 7) is 0. The summed E-state index contributed by atoms with van der Waals surface area (Å²) in [6, 6.07) is 2.54. The molecule has 4 nitrogen and oxygen atoms in total. The molecule has 0 bridgehead atoms. The lowest BCUT2D eigenvalue weighted by Crippen LogP contribution is -2.27. The van der Waals surface area contributed by atoms with E-state index in [2.05, 4.69) is 4.98 Å². The van der Waals surface area contributed by atoms with E-state index in [-0.39, 0.29) is 22.6 Å². The first kappa shape index (κ1) is 14.0. The molecule has 1 aliphatic heterocycles. The van der Waals surface area contributed by atoms with E-state index in [9.17, 15) is 12.8 Å². The van der Waals surface area contributed by atoms with Crippen LogP contribution in [0.5, 0.6) is 0 Å². The second kappa shape index (κ2) is 4.82. The summed E-state index contributed by atoms with van der Waals surface area (Å²) in [4.78, 5) is 2.90. The molecule has 0 aliphatic carbocycles. The number of hydrogen-bond acceptors (Lipinski definition) is 3. The summed E-state index contributed by atoms with van der Waals surface area (Å²) in [6.07, 6.45) is 1.34. The Morgan fingerprint density at radius 1 is 1.45 bits per heavy atom. The van der Waals surface area contributed by atoms with Gasteiger partial charge in [-0.1, -0.05) is 11.6 Å². The van der Waals surface area contributed by atoms with E-state index in [0.717, 1.165) is 6.42 Å². The van der Waals surface area contributed by atoms with Crippen molar-refractivity contribution in [3.8, 4) is 0 Å². The van der Waals surface area contributed by atoms with Gasteiger partial charge in [-0.2, -0.15) is 0 Å². The van der Waals surface area contributed by atoms with Gasteiger partial charge in [0, 0.05) is 6.07 Å². The zero-order chi connectivity index (χ0) is 14.5. The van der Waals surface area contributed by atoms with Crippen molar-refractivity contribution in [3.63, 3.8) is 0 Å². The summed E-state index contributed by atoms with van der Waals surface area (Å²) in [5, 5.41) is -0.00100. The number of imidazole rings is 1. The SMILES string of the molecule is O=S1(=O)CCCC(n2c(=S)[nH]c3cc(F)c(Cl)cc32)C1. The highest BCUT2D eigenvalue weighted by Crippen LogP contribution is 2.30. The van der Waals surface area contributed by atoms with E-state index in [1.54, 1.807) is 4.57 Å². The number of rotatable bonds is 1. The Labute approximate surface area is 125 Å². The summed E-state index contributed by atoms with van der Waals surface area (Å²) >= 11 is 11.1. The second-order valence-electron chi connectivity index (χ2n) is 4.99. The molecule has 20 heavy (non-hydrogen) atoms. The van der Waals surface area contributed by atoms with Crippen molar-refractivity contribution in [2.75, 3.05) is 11.5 Å². The predicted molar refractivity (Wildman–Crippen MR) is 79.0 cm³/mol. The van der Waals surface area contributed by atoms with E-state index in [4.69, 9.17) is 23.8 Å². The van der Waals surface area contributed by atoms with Crippen LogP contribution in [0.4, 0.5) is 4.39 Å². The number of sulfone groups is 1. The van der Waals surface area contributed by atoms with Crippen molar-refractivity contribution in [2.24, 2.45) is 0 Å². The molecule has 0 spiro atoms. The monoisotopic (exact) mass is 334 g/mol. The number of fused-ring (bicyclic) bond motifs is 1. The highest BCUT2D eigenvalue weighted by Gasteiger charge is 2.27. The lowest BCUT2D eigenvalue weighted by molar-refractivity contribution is 0.475. The van der Waals surface area contributed by atoms with Gasteiger partial charge in [0.25, 0.3) is 0 Å². The Balaban J connectivity index is 2.18. The molecular formula is C12H12ClFN2O2S2. The Kier molecular flexibility index (Phi) is 3.38. The van der Waals surface area contributed by atoms with Crippen LogP contribution in [0.15, 0.2) is 12.1 Å². The van der Waals surface area contributed by atoms with Gasteiger partial charge in [-0.15, -0.1) is 0 Å². The van der Waals surface area contributed by atoms with Crippen LogP contribution in [0.2, 0.25) is 5.02 Å². The number of nitrogens with one attached hydrogen (secondary N) is 1. The molecule has 1 aromatic heterocycles. The van der Waals surface area contributed by atoms with Crippen LogP contribution in [0.1, 0.15) is 18.9 Å². The fraction of sp³-hybridized carbons (Fsp3) is 0.417. The molecular weight excluding hydrogens is 323 g/mol. The molecule has 1 fully saturated rings. The van der Waals surface area contributed by atoms with Gasteiger partial charge in [0.1, 0.15) is 5.82 Å². The quantitative estimate of drug-likeness (QED) is 0.814. The van der Waals surface area contributed by atoms with Gasteiger partial charge in [-0.25, -0.2) is 12.8 Å². The summed E-state index contributed by atoms with van der Waals surface area (Å²) in [5.74, 6) is -0.253. The number of aromatic nitrogens is 2. The molecule has 1 N–H and O–H groups in total. The minimum absolute atomic E-state index is 0.00100. The Morgan fingerprint density at radius 2 is 2.20 bits per heavy atom. The summed E-state index contributed by atoms with van der Waals surface area (Å²) in [7, 11) is -3.05. The number of hydrogen-bond donors (Lipinski definition) is 1. The number of aromatic amines is 1. The average Bonchev–Trinajstić information content (AvgIpc) is 2.64. The van der Waals surface area contributed by atoms with Gasteiger partial charge < -0.3 is 9.55 Å². The topological polar surface area (TPSA) is 54.9 Å². The minimum atomic E-state index is -3.05. The molecule has 1 aliphatic rings. The van der Waals surface area contributed by atoms with Crippen LogP contribution in [0.3, 0.4) is 0 Å². The van der Waals surface area contributed by atoms with Gasteiger partial charge in [-0.05, 0) is 31.1 Å². The molecule has 1 saturated heterocycles. The molecule has 2 heterocycles. The first-order valence-corrected chi connectivity index (χ1v) is 8.78. The standard InChI is InChI=1S/C12H12ClFN2O2S2/c13-8-4-11-10(5-9(8)14)15-12(19)16(11)7-2-1-3-20(17,18)6-7/h4-5,7H,1-3,6H2,(H,15,19). The third kappa shape index (κ3) is 2.38. The molecule has 0 saturated carbocycles. The third-order valence-electron chi connectivity index (χ3n) is 3.56. The zero-order valence-electron chi connectivity index (χ0n) is 10.4. The van der Waals surface area contributed by atoms with Crippen molar-refractivity contribution in [3.05, 3.63) is 27.7 Å². The molecule has 2 aromatic rings. The van der Waals surface area contributed by atoms with Crippen molar-refractivity contribution >= 4 is 44.7 Å². The van der Waals surface area contributed by atoms with Gasteiger partial charge in [0.15, 0.2) is 14.6 Å². The van der Waals surface area contributed by atoms with E-state index < -0.39 is 15.7 Å². The summed E-state index contributed by atoms with van der Waals surface area (Å²) in [5.41, 5.74) is 1.17.